The van der Waals surface area contributed by atoms with Gasteiger partial charge in [0.25, 0.3) is 5.91 Å². The molecule has 0 fully saturated rings. The van der Waals surface area contributed by atoms with E-state index in [4.69, 9.17) is 14.2 Å². The third-order valence-electron chi connectivity index (χ3n) is 4.99. The summed E-state index contributed by atoms with van der Waals surface area (Å²) in [6, 6.07) is 27.1. The van der Waals surface area contributed by atoms with Gasteiger partial charge < -0.3 is 14.2 Å². The third kappa shape index (κ3) is 5.94. The summed E-state index contributed by atoms with van der Waals surface area (Å²) in [5.41, 5.74) is 4.27. The molecular weight excluding hydrogens is 496 g/mol. The van der Waals surface area contributed by atoms with Crippen LogP contribution in [0.15, 0.2) is 94.5 Å². The summed E-state index contributed by atoms with van der Waals surface area (Å²) in [5, 5.41) is 6.04. The van der Waals surface area contributed by atoms with E-state index in [2.05, 4.69) is 26.5 Å². The van der Waals surface area contributed by atoms with Gasteiger partial charge in [-0.1, -0.05) is 66.7 Å². The smallest absolute Gasteiger partial charge is 0.277 e. The molecule has 6 nitrogen and oxygen atoms in total. The number of hydrogen-bond donors (Lipinski definition) is 1. The number of ether oxygens (including phenoxy) is 3. The van der Waals surface area contributed by atoms with Crippen LogP contribution >= 0.6 is 15.9 Å². The average molecular weight is 519 g/mol. The van der Waals surface area contributed by atoms with Crippen molar-refractivity contribution in [2.45, 2.75) is 6.61 Å². The Hall–Kier alpha value is -3.84. The van der Waals surface area contributed by atoms with Crippen LogP contribution in [0.4, 0.5) is 0 Å². The van der Waals surface area contributed by atoms with E-state index in [0.29, 0.717) is 23.9 Å². The molecule has 0 saturated heterocycles. The predicted octanol–water partition coefficient (Wildman–Crippen LogP) is 5.72. The van der Waals surface area contributed by atoms with Crippen LogP contribution in [0.5, 0.6) is 17.2 Å². The van der Waals surface area contributed by atoms with Crippen molar-refractivity contribution in [2.75, 3.05) is 13.7 Å². The highest BCUT2D eigenvalue weighted by atomic mass is 79.9. The monoisotopic (exact) mass is 518 g/mol. The van der Waals surface area contributed by atoms with Crippen LogP contribution in [-0.4, -0.2) is 25.8 Å². The highest BCUT2D eigenvalue weighted by molar-refractivity contribution is 9.10. The van der Waals surface area contributed by atoms with Crippen LogP contribution < -0.4 is 19.6 Å². The summed E-state index contributed by atoms with van der Waals surface area (Å²) in [6.07, 6.45) is 1.53. The Morgan fingerprint density at radius 3 is 2.53 bits per heavy atom. The largest absolute Gasteiger partial charge is 0.493 e. The molecule has 0 aliphatic rings. The molecule has 34 heavy (non-hydrogen) atoms. The number of hydrogen-bond acceptors (Lipinski definition) is 5. The Morgan fingerprint density at radius 2 is 1.71 bits per heavy atom. The number of rotatable bonds is 9. The minimum atomic E-state index is -0.363. The topological polar surface area (TPSA) is 69.2 Å². The highest BCUT2D eigenvalue weighted by Crippen LogP contribution is 2.36. The summed E-state index contributed by atoms with van der Waals surface area (Å²) in [5.74, 6) is 1.43. The van der Waals surface area contributed by atoms with Gasteiger partial charge in [0.05, 0.1) is 17.8 Å². The van der Waals surface area contributed by atoms with Gasteiger partial charge >= 0.3 is 0 Å². The molecule has 0 aromatic heterocycles. The second-order valence-corrected chi connectivity index (χ2v) is 8.22. The van der Waals surface area contributed by atoms with Gasteiger partial charge in [-0.05, 0) is 50.6 Å². The lowest BCUT2D eigenvalue weighted by atomic mass is 10.1. The summed E-state index contributed by atoms with van der Waals surface area (Å²) < 4.78 is 17.8. The zero-order valence-electron chi connectivity index (χ0n) is 18.5. The molecule has 0 unspecified atom stereocenters. The molecule has 0 aliphatic heterocycles. The van der Waals surface area contributed by atoms with E-state index >= 15 is 0 Å². The molecule has 0 bridgehead atoms. The van der Waals surface area contributed by atoms with Gasteiger partial charge in [0.1, 0.15) is 12.4 Å². The van der Waals surface area contributed by atoms with Gasteiger partial charge in [0.15, 0.2) is 18.1 Å². The molecule has 4 rings (SSSR count). The molecule has 172 valence electrons. The maximum atomic E-state index is 12.2. The van der Waals surface area contributed by atoms with Crippen LogP contribution in [0.2, 0.25) is 0 Å². The molecule has 0 saturated carbocycles. The number of nitrogens with one attached hydrogen (secondary N) is 1. The first kappa shape index (κ1) is 23.3. The molecule has 1 N–H and O–H groups in total. The van der Waals surface area contributed by atoms with Gasteiger partial charge in [-0.3, -0.25) is 4.79 Å². The molecule has 0 atom stereocenters. The number of nitrogens with zero attached hydrogens (tertiary/aromatic N) is 1. The number of benzene rings is 4. The van der Waals surface area contributed by atoms with Gasteiger partial charge in [0, 0.05) is 5.39 Å². The first-order chi connectivity index (χ1) is 16.6. The quantitative estimate of drug-likeness (QED) is 0.227. The number of fused-ring (bicyclic) bond motifs is 1. The zero-order valence-corrected chi connectivity index (χ0v) is 20.1. The second kappa shape index (κ2) is 11.3. The van der Waals surface area contributed by atoms with Crippen LogP contribution in [0.1, 0.15) is 11.1 Å². The normalized spacial score (nSPS) is 10.9. The number of hydrazone groups is 1. The standard InChI is InChI=1S/C27H23BrN2O4/c1-32-25-15-20(14-23(28)27(25)34-17-19-8-3-2-4-9-19)16-29-30-26(31)18-33-24-13-7-11-21-10-5-6-12-22(21)24/h2-16H,17-18H2,1H3,(H,30,31)/b29-16+. The lowest BCUT2D eigenvalue weighted by Gasteiger charge is -2.13. The minimum absolute atomic E-state index is 0.148. The van der Waals surface area contributed by atoms with Gasteiger partial charge in [-0.25, -0.2) is 5.43 Å². The summed E-state index contributed by atoms with van der Waals surface area (Å²) >= 11 is 3.53. The van der Waals surface area contributed by atoms with Crippen LogP contribution in [0, 0.1) is 0 Å². The fraction of sp³-hybridized carbons (Fsp3) is 0.111. The zero-order chi connectivity index (χ0) is 23.8. The van der Waals surface area contributed by atoms with E-state index in [1.165, 1.54) is 6.21 Å². The predicted molar refractivity (Wildman–Crippen MR) is 137 cm³/mol. The van der Waals surface area contributed by atoms with Crippen molar-refractivity contribution in [1.29, 1.82) is 0 Å². The number of halogens is 1. The lowest BCUT2D eigenvalue weighted by molar-refractivity contribution is -0.123. The molecule has 1 amide bonds. The summed E-state index contributed by atoms with van der Waals surface area (Å²) in [7, 11) is 1.57. The first-order valence-electron chi connectivity index (χ1n) is 10.6. The highest BCUT2D eigenvalue weighted by Gasteiger charge is 2.12. The molecule has 0 aliphatic carbocycles. The third-order valence-corrected chi connectivity index (χ3v) is 5.58. The van der Waals surface area contributed by atoms with Gasteiger partial charge in [-0.2, -0.15) is 5.10 Å². The SMILES string of the molecule is COc1cc(/C=N/NC(=O)COc2cccc3ccccc23)cc(Br)c1OCc1ccccc1. The maximum Gasteiger partial charge on any atom is 0.277 e. The molecule has 4 aromatic carbocycles. The van der Waals surface area contributed by atoms with Crippen molar-refractivity contribution in [3.8, 4) is 17.2 Å². The lowest BCUT2D eigenvalue weighted by Crippen LogP contribution is -2.24. The van der Waals surface area contributed by atoms with E-state index in [0.717, 1.165) is 26.4 Å². The van der Waals surface area contributed by atoms with Gasteiger partial charge in [0.2, 0.25) is 0 Å². The number of carbonyl (C=O) groups is 1. The number of carbonyl (C=O) groups excluding carboxylic acids is 1. The van der Waals surface area contributed by atoms with Crippen molar-refractivity contribution in [3.05, 3.63) is 101 Å². The molecule has 0 spiro atoms. The number of methoxy groups -OCH3 is 1. The number of amides is 1. The second-order valence-electron chi connectivity index (χ2n) is 7.37. The van der Waals surface area contributed by atoms with Gasteiger partial charge in [-0.15, -0.1) is 0 Å². The van der Waals surface area contributed by atoms with Crippen molar-refractivity contribution in [2.24, 2.45) is 5.10 Å². The van der Waals surface area contributed by atoms with E-state index in [-0.39, 0.29) is 12.5 Å². The average Bonchev–Trinajstić information content (AvgIpc) is 2.87. The van der Waals surface area contributed by atoms with Crippen molar-refractivity contribution in [1.82, 2.24) is 5.43 Å². The Bertz CT molecular complexity index is 1300. The van der Waals surface area contributed by atoms with E-state index in [9.17, 15) is 4.79 Å². The molecule has 0 radical (unpaired) electrons. The van der Waals surface area contributed by atoms with Crippen molar-refractivity contribution >= 4 is 38.8 Å². The fourth-order valence-corrected chi connectivity index (χ4v) is 3.93. The van der Waals surface area contributed by atoms with E-state index in [1.54, 1.807) is 13.2 Å². The summed E-state index contributed by atoms with van der Waals surface area (Å²) in [4.78, 5) is 12.2. The summed E-state index contributed by atoms with van der Waals surface area (Å²) in [6.45, 7) is 0.265. The van der Waals surface area contributed by atoms with Crippen LogP contribution in [-0.2, 0) is 11.4 Å². The molecule has 7 heteroatoms. The first-order valence-corrected chi connectivity index (χ1v) is 11.4. The molecule has 4 aromatic rings. The van der Waals surface area contributed by atoms with Crippen LogP contribution in [0.3, 0.4) is 0 Å². The van der Waals surface area contributed by atoms with E-state index < -0.39 is 0 Å². The minimum Gasteiger partial charge on any atom is -0.493 e. The Morgan fingerprint density at radius 1 is 0.941 bits per heavy atom. The van der Waals surface area contributed by atoms with E-state index in [1.807, 2.05) is 78.9 Å². The Balaban J connectivity index is 1.35. The Kier molecular flexibility index (Phi) is 7.78. The fourth-order valence-electron chi connectivity index (χ4n) is 3.36. The Labute approximate surface area is 206 Å². The van der Waals surface area contributed by atoms with Crippen molar-refractivity contribution in [3.63, 3.8) is 0 Å². The maximum absolute atomic E-state index is 12.2. The molecular formula is C27H23BrN2O4. The molecule has 0 heterocycles. The van der Waals surface area contributed by atoms with Crippen LogP contribution in [0.25, 0.3) is 10.8 Å². The van der Waals surface area contributed by atoms with Crippen molar-refractivity contribution < 1.29 is 19.0 Å².